The van der Waals surface area contributed by atoms with Crippen molar-refractivity contribution in [2.75, 3.05) is 5.75 Å². The van der Waals surface area contributed by atoms with Gasteiger partial charge < -0.3 is 4.74 Å². The molecule has 0 amide bonds. The van der Waals surface area contributed by atoms with Crippen LogP contribution in [0.2, 0.25) is 0 Å². The predicted octanol–water partition coefficient (Wildman–Crippen LogP) is 4.64. The number of carbonyl (C=O) groups excluding carboxylic acids is 1. The van der Waals surface area contributed by atoms with Gasteiger partial charge in [-0.15, -0.1) is 11.8 Å². The first-order valence-corrected chi connectivity index (χ1v) is 8.79. The Kier molecular flexibility index (Phi) is 5.88. The van der Waals surface area contributed by atoms with Crippen LogP contribution in [0.25, 0.3) is 0 Å². The van der Waals surface area contributed by atoms with E-state index in [1.807, 2.05) is 0 Å². The third kappa shape index (κ3) is 5.13. The number of ether oxygens (including phenoxy) is 1. The second kappa shape index (κ2) is 7.68. The molecule has 0 saturated carbocycles. The molecule has 2 aromatic rings. The van der Waals surface area contributed by atoms with Gasteiger partial charge in [0.25, 0.3) is 0 Å². The van der Waals surface area contributed by atoms with Gasteiger partial charge in [0.15, 0.2) is 0 Å². The second-order valence-electron chi connectivity index (χ2n) is 6.52. The van der Waals surface area contributed by atoms with E-state index in [9.17, 15) is 4.79 Å². The van der Waals surface area contributed by atoms with Crippen molar-refractivity contribution < 1.29 is 9.53 Å². The van der Waals surface area contributed by atoms with Crippen molar-refractivity contribution >= 4 is 17.9 Å². The fourth-order valence-electron chi connectivity index (χ4n) is 2.00. The number of thioether (sulfide) groups is 1. The molecule has 23 heavy (non-hydrogen) atoms. The van der Waals surface area contributed by atoms with Gasteiger partial charge in [-0.1, -0.05) is 39.8 Å². The molecule has 0 saturated heterocycles. The van der Waals surface area contributed by atoms with Gasteiger partial charge in [-0.05, 0) is 29.5 Å². The zero-order chi connectivity index (χ0) is 16.9. The topological polar surface area (TPSA) is 44.1 Å². The highest BCUT2D eigenvalue weighted by Gasteiger charge is 2.29. The van der Waals surface area contributed by atoms with Crippen molar-refractivity contribution in [2.45, 2.75) is 45.1 Å². The number of benzene rings is 1. The van der Waals surface area contributed by atoms with Crippen LogP contribution in [-0.4, -0.2) is 27.5 Å². The molecule has 5 heteroatoms. The molecule has 1 aromatic carbocycles. The fourth-order valence-corrected chi connectivity index (χ4v) is 3.24. The van der Waals surface area contributed by atoms with Crippen LogP contribution >= 0.6 is 11.8 Å². The van der Waals surface area contributed by atoms with Crippen molar-refractivity contribution in [3.63, 3.8) is 0 Å². The standard InChI is InChI=1S/C18H24N2O2S/c1-5-14-6-8-15(9-7-14)23-12-16(18(2,3)4)22-17(21)20-11-10-19-13-20/h6-11,13,16H,5,12H2,1-4H3. The maximum absolute atomic E-state index is 12.1. The molecule has 2 rings (SSSR count). The van der Waals surface area contributed by atoms with E-state index in [-0.39, 0.29) is 17.6 Å². The Bertz CT molecular complexity index is 615. The Morgan fingerprint density at radius 1 is 1.30 bits per heavy atom. The molecule has 1 unspecified atom stereocenters. The van der Waals surface area contributed by atoms with Gasteiger partial charge >= 0.3 is 6.09 Å². The lowest BCUT2D eigenvalue weighted by molar-refractivity contribution is 0.0476. The summed E-state index contributed by atoms with van der Waals surface area (Å²) in [5, 5.41) is 0. The fraction of sp³-hybridized carbons (Fsp3) is 0.444. The maximum Gasteiger partial charge on any atom is 0.419 e. The highest BCUT2D eigenvalue weighted by molar-refractivity contribution is 7.99. The number of hydrogen-bond acceptors (Lipinski definition) is 4. The number of carbonyl (C=O) groups is 1. The molecule has 0 spiro atoms. The molecule has 4 nitrogen and oxygen atoms in total. The quantitative estimate of drug-likeness (QED) is 0.748. The van der Waals surface area contributed by atoms with Crippen molar-refractivity contribution in [3.05, 3.63) is 48.5 Å². The van der Waals surface area contributed by atoms with Crippen LogP contribution in [0.1, 0.15) is 33.3 Å². The van der Waals surface area contributed by atoms with Gasteiger partial charge in [0.1, 0.15) is 12.4 Å². The summed E-state index contributed by atoms with van der Waals surface area (Å²) < 4.78 is 7.05. The van der Waals surface area contributed by atoms with E-state index in [4.69, 9.17) is 4.74 Å². The lowest BCUT2D eigenvalue weighted by Crippen LogP contribution is -2.35. The minimum absolute atomic E-state index is 0.132. The first-order chi connectivity index (χ1) is 10.9. The largest absolute Gasteiger partial charge is 0.444 e. The molecule has 0 aliphatic heterocycles. The highest BCUT2D eigenvalue weighted by atomic mass is 32.2. The van der Waals surface area contributed by atoms with Crippen LogP contribution in [0.4, 0.5) is 4.79 Å². The summed E-state index contributed by atoms with van der Waals surface area (Å²) >= 11 is 1.71. The van der Waals surface area contributed by atoms with E-state index in [2.05, 4.69) is 56.9 Å². The Morgan fingerprint density at radius 2 is 2.00 bits per heavy atom. The molecule has 124 valence electrons. The Labute approximate surface area is 142 Å². The molecule has 0 fully saturated rings. The molecule has 1 heterocycles. The van der Waals surface area contributed by atoms with Gasteiger partial charge in [0.05, 0.1) is 0 Å². The summed E-state index contributed by atoms with van der Waals surface area (Å²) in [6.07, 6.45) is 5.09. The molecule has 0 N–H and O–H groups in total. The van der Waals surface area contributed by atoms with E-state index in [0.717, 1.165) is 12.2 Å². The summed E-state index contributed by atoms with van der Waals surface area (Å²) in [4.78, 5) is 17.2. The summed E-state index contributed by atoms with van der Waals surface area (Å²) in [5.41, 5.74) is 1.19. The van der Waals surface area contributed by atoms with Crippen LogP contribution in [0.15, 0.2) is 47.9 Å². The number of hydrogen-bond donors (Lipinski definition) is 0. The second-order valence-corrected chi connectivity index (χ2v) is 7.61. The SMILES string of the molecule is CCc1ccc(SCC(OC(=O)n2ccnc2)C(C)(C)C)cc1. The monoisotopic (exact) mass is 332 g/mol. The molecular formula is C18H24N2O2S. The van der Waals surface area contributed by atoms with Crippen LogP contribution < -0.4 is 0 Å². The third-order valence-corrected chi connectivity index (χ3v) is 4.73. The van der Waals surface area contributed by atoms with Gasteiger partial charge in [0.2, 0.25) is 0 Å². The van der Waals surface area contributed by atoms with Crippen LogP contribution in [0, 0.1) is 5.41 Å². The van der Waals surface area contributed by atoms with E-state index in [0.29, 0.717) is 0 Å². The molecule has 1 atom stereocenters. The van der Waals surface area contributed by atoms with Crippen molar-refractivity contribution in [3.8, 4) is 0 Å². The number of nitrogens with zero attached hydrogens (tertiary/aromatic N) is 2. The van der Waals surface area contributed by atoms with E-state index in [1.54, 1.807) is 24.2 Å². The number of aryl methyl sites for hydroxylation is 1. The summed E-state index contributed by atoms with van der Waals surface area (Å²) in [5.74, 6) is 0.718. The summed E-state index contributed by atoms with van der Waals surface area (Å²) in [6.45, 7) is 8.39. The van der Waals surface area contributed by atoms with Gasteiger partial charge in [-0.3, -0.25) is 0 Å². The first-order valence-electron chi connectivity index (χ1n) is 7.81. The normalized spacial score (nSPS) is 12.9. The highest BCUT2D eigenvalue weighted by Crippen LogP contribution is 2.29. The minimum atomic E-state index is -0.385. The lowest BCUT2D eigenvalue weighted by atomic mass is 9.90. The Morgan fingerprint density at radius 3 is 2.52 bits per heavy atom. The summed E-state index contributed by atoms with van der Waals surface area (Å²) in [7, 11) is 0. The average Bonchev–Trinajstić information content (AvgIpc) is 3.05. The van der Waals surface area contributed by atoms with Gasteiger partial charge in [-0.2, -0.15) is 0 Å². The smallest absolute Gasteiger partial charge is 0.419 e. The molecule has 0 radical (unpaired) electrons. The third-order valence-electron chi connectivity index (χ3n) is 3.66. The molecule has 0 aliphatic carbocycles. The van der Waals surface area contributed by atoms with Crippen molar-refractivity contribution in [2.24, 2.45) is 5.41 Å². The molecule has 1 aromatic heterocycles. The van der Waals surface area contributed by atoms with Crippen LogP contribution in [0.5, 0.6) is 0 Å². The zero-order valence-electron chi connectivity index (χ0n) is 14.2. The summed E-state index contributed by atoms with van der Waals surface area (Å²) in [6, 6.07) is 8.54. The van der Waals surface area contributed by atoms with Crippen molar-refractivity contribution in [1.82, 2.24) is 9.55 Å². The van der Waals surface area contributed by atoms with Gasteiger partial charge in [-0.25, -0.2) is 14.3 Å². The van der Waals surface area contributed by atoms with Crippen molar-refractivity contribution in [1.29, 1.82) is 0 Å². The molecule has 0 aliphatic rings. The van der Waals surface area contributed by atoms with Crippen LogP contribution in [-0.2, 0) is 11.2 Å². The molecule has 0 bridgehead atoms. The minimum Gasteiger partial charge on any atom is -0.444 e. The average molecular weight is 332 g/mol. The van der Waals surface area contributed by atoms with E-state index in [1.165, 1.54) is 21.4 Å². The first kappa shape index (κ1) is 17.6. The Hall–Kier alpha value is -1.75. The van der Waals surface area contributed by atoms with Crippen LogP contribution in [0.3, 0.4) is 0 Å². The maximum atomic E-state index is 12.1. The predicted molar refractivity (Wildman–Crippen MR) is 93.9 cm³/mol. The number of aromatic nitrogens is 2. The number of rotatable bonds is 5. The van der Waals surface area contributed by atoms with Gasteiger partial charge in [0, 0.05) is 23.0 Å². The Balaban J connectivity index is 1.99. The van der Waals surface area contributed by atoms with E-state index < -0.39 is 0 Å². The lowest BCUT2D eigenvalue weighted by Gasteiger charge is -2.30. The number of imidazole rings is 1. The zero-order valence-corrected chi connectivity index (χ0v) is 15.0. The molecular weight excluding hydrogens is 308 g/mol. The van der Waals surface area contributed by atoms with E-state index >= 15 is 0 Å².